The number of fused-ring (bicyclic) bond motifs is 1. The average Bonchev–Trinajstić information content (AvgIpc) is 2.53. The quantitative estimate of drug-likeness (QED) is 0.907. The number of rotatable bonds is 4. The van der Waals surface area contributed by atoms with Crippen LogP contribution in [-0.2, 0) is 17.6 Å². The zero-order valence-electron chi connectivity index (χ0n) is 12.5. The van der Waals surface area contributed by atoms with E-state index in [1.165, 1.54) is 30.4 Å². The van der Waals surface area contributed by atoms with Crippen molar-refractivity contribution in [1.29, 1.82) is 0 Å². The van der Waals surface area contributed by atoms with E-state index < -0.39 is 0 Å². The van der Waals surface area contributed by atoms with Crippen LogP contribution in [0.25, 0.3) is 0 Å². The van der Waals surface area contributed by atoms with Crippen LogP contribution in [0.5, 0.6) is 0 Å². The van der Waals surface area contributed by atoms with Gasteiger partial charge in [0.1, 0.15) is 0 Å². The second-order valence-electron chi connectivity index (χ2n) is 6.00. The molecule has 1 N–H and O–H groups in total. The van der Waals surface area contributed by atoms with E-state index in [9.17, 15) is 0 Å². The highest BCUT2D eigenvalue weighted by Crippen LogP contribution is 2.21. The van der Waals surface area contributed by atoms with Gasteiger partial charge in [0.15, 0.2) is 0 Å². The van der Waals surface area contributed by atoms with Crippen molar-refractivity contribution in [2.24, 2.45) is 0 Å². The summed E-state index contributed by atoms with van der Waals surface area (Å²) < 4.78 is 5.87. The molecule has 0 spiro atoms. The number of benzene rings is 1. The molecule has 3 nitrogen and oxygen atoms in total. The first kappa shape index (κ1) is 14.1. The molecule has 1 aromatic rings. The first-order valence-electron chi connectivity index (χ1n) is 7.99. The molecule has 2 atom stereocenters. The van der Waals surface area contributed by atoms with Gasteiger partial charge in [0.05, 0.1) is 12.7 Å². The Morgan fingerprint density at radius 3 is 3.00 bits per heavy atom. The zero-order chi connectivity index (χ0) is 13.8. The summed E-state index contributed by atoms with van der Waals surface area (Å²) in [7, 11) is 0. The Hall–Kier alpha value is -0.900. The lowest BCUT2D eigenvalue weighted by Gasteiger charge is -2.34. The fraction of sp³-hybridized carbons (Fsp3) is 0.647. The zero-order valence-corrected chi connectivity index (χ0v) is 12.5. The van der Waals surface area contributed by atoms with Crippen molar-refractivity contribution in [1.82, 2.24) is 10.2 Å². The minimum Gasteiger partial charge on any atom is -0.374 e. The number of nitrogens with one attached hydrogen (secondary N) is 1. The van der Waals surface area contributed by atoms with Gasteiger partial charge in [-0.1, -0.05) is 31.2 Å². The van der Waals surface area contributed by atoms with Crippen molar-refractivity contribution in [2.45, 2.75) is 38.3 Å². The Morgan fingerprint density at radius 2 is 2.15 bits per heavy atom. The fourth-order valence-corrected chi connectivity index (χ4v) is 3.36. The molecule has 1 saturated heterocycles. The maximum Gasteiger partial charge on any atom is 0.0826 e. The van der Waals surface area contributed by atoms with Crippen LogP contribution in [0.2, 0.25) is 0 Å². The van der Waals surface area contributed by atoms with Crippen molar-refractivity contribution >= 4 is 0 Å². The van der Waals surface area contributed by atoms with Crippen molar-refractivity contribution in [2.75, 3.05) is 32.8 Å². The minimum atomic E-state index is 0.362. The molecule has 0 radical (unpaired) electrons. The Labute approximate surface area is 122 Å². The molecule has 2 aliphatic rings. The number of likely N-dealkylation sites (N-methyl/N-ethyl adjacent to an activating group) is 1. The third-order valence-corrected chi connectivity index (χ3v) is 4.65. The summed E-state index contributed by atoms with van der Waals surface area (Å²) in [4.78, 5) is 2.48. The molecular weight excluding hydrogens is 248 g/mol. The normalized spacial score (nSPS) is 27.2. The van der Waals surface area contributed by atoms with E-state index in [2.05, 4.69) is 41.4 Å². The predicted octanol–water partition coefficient (Wildman–Crippen LogP) is 1.85. The van der Waals surface area contributed by atoms with E-state index in [-0.39, 0.29) is 0 Å². The van der Waals surface area contributed by atoms with E-state index >= 15 is 0 Å². The summed E-state index contributed by atoms with van der Waals surface area (Å²) in [6.07, 6.45) is 3.99. The molecule has 3 heteroatoms. The molecule has 1 aromatic carbocycles. The van der Waals surface area contributed by atoms with Gasteiger partial charge in [-0.2, -0.15) is 0 Å². The second kappa shape index (κ2) is 6.70. The summed E-state index contributed by atoms with van der Waals surface area (Å²) in [5.74, 6) is 0. The highest BCUT2D eigenvalue weighted by atomic mass is 16.5. The minimum absolute atomic E-state index is 0.362. The van der Waals surface area contributed by atoms with Crippen molar-refractivity contribution < 1.29 is 4.74 Å². The molecule has 1 aliphatic carbocycles. The van der Waals surface area contributed by atoms with E-state index in [1.807, 2.05) is 0 Å². The van der Waals surface area contributed by atoms with Crippen LogP contribution in [0.1, 0.15) is 24.5 Å². The lowest BCUT2D eigenvalue weighted by atomic mass is 9.88. The van der Waals surface area contributed by atoms with E-state index in [0.29, 0.717) is 12.1 Å². The van der Waals surface area contributed by atoms with Gasteiger partial charge >= 0.3 is 0 Å². The van der Waals surface area contributed by atoms with Crippen molar-refractivity contribution in [3.63, 3.8) is 0 Å². The Morgan fingerprint density at radius 1 is 1.30 bits per heavy atom. The molecule has 3 rings (SSSR count). The van der Waals surface area contributed by atoms with Gasteiger partial charge in [0.2, 0.25) is 0 Å². The number of nitrogens with zero attached hydrogens (tertiary/aromatic N) is 1. The molecule has 0 saturated carbocycles. The fourth-order valence-electron chi connectivity index (χ4n) is 3.36. The third-order valence-electron chi connectivity index (χ3n) is 4.65. The van der Waals surface area contributed by atoms with Gasteiger partial charge < -0.3 is 10.1 Å². The molecule has 1 fully saturated rings. The summed E-state index contributed by atoms with van der Waals surface area (Å²) in [5.41, 5.74) is 3.06. The third kappa shape index (κ3) is 3.40. The number of ether oxygens (including phenoxy) is 1. The maximum atomic E-state index is 5.87. The van der Waals surface area contributed by atoms with Crippen LogP contribution in [-0.4, -0.2) is 49.8 Å². The van der Waals surface area contributed by atoms with Gasteiger partial charge in [0, 0.05) is 25.7 Å². The lowest BCUT2D eigenvalue weighted by Crippen LogP contribution is -2.48. The topological polar surface area (TPSA) is 24.5 Å². The standard InChI is InChI=1S/C17H26N2O/c1-2-19-9-10-20-17(13-19)12-18-16-8-7-14-5-3-4-6-15(14)11-16/h3-6,16-18H,2,7-13H2,1H3. The largest absolute Gasteiger partial charge is 0.374 e. The van der Waals surface area contributed by atoms with E-state index in [4.69, 9.17) is 4.74 Å². The summed E-state index contributed by atoms with van der Waals surface area (Å²) in [6.45, 7) is 7.40. The monoisotopic (exact) mass is 274 g/mol. The molecule has 110 valence electrons. The van der Waals surface area contributed by atoms with Gasteiger partial charge in [-0.05, 0) is 36.9 Å². The molecule has 1 aliphatic heterocycles. The Bertz CT molecular complexity index is 435. The molecule has 20 heavy (non-hydrogen) atoms. The molecule has 0 amide bonds. The van der Waals surface area contributed by atoms with Crippen LogP contribution < -0.4 is 5.32 Å². The summed E-state index contributed by atoms with van der Waals surface area (Å²) >= 11 is 0. The van der Waals surface area contributed by atoms with Crippen LogP contribution >= 0.6 is 0 Å². The highest BCUT2D eigenvalue weighted by Gasteiger charge is 2.22. The second-order valence-corrected chi connectivity index (χ2v) is 6.00. The smallest absolute Gasteiger partial charge is 0.0826 e. The van der Waals surface area contributed by atoms with Crippen molar-refractivity contribution in [3.05, 3.63) is 35.4 Å². The van der Waals surface area contributed by atoms with Crippen molar-refractivity contribution in [3.8, 4) is 0 Å². The van der Waals surface area contributed by atoms with Gasteiger partial charge in [0.25, 0.3) is 0 Å². The van der Waals surface area contributed by atoms with Gasteiger partial charge in [-0.25, -0.2) is 0 Å². The molecule has 0 aromatic heterocycles. The maximum absolute atomic E-state index is 5.87. The van der Waals surface area contributed by atoms with Crippen LogP contribution in [0.3, 0.4) is 0 Å². The number of morpholine rings is 1. The van der Waals surface area contributed by atoms with Crippen LogP contribution in [0.4, 0.5) is 0 Å². The summed E-state index contributed by atoms with van der Waals surface area (Å²) in [6, 6.07) is 9.48. The molecule has 2 unspecified atom stereocenters. The predicted molar refractivity (Wildman–Crippen MR) is 82.1 cm³/mol. The van der Waals surface area contributed by atoms with Gasteiger partial charge in [-0.15, -0.1) is 0 Å². The first-order valence-corrected chi connectivity index (χ1v) is 7.99. The summed E-state index contributed by atoms with van der Waals surface area (Å²) in [5, 5.41) is 3.73. The van der Waals surface area contributed by atoms with Crippen LogP contribution in [0, 0.1) is 0 Å². The Balaban J connectivity index is 1.48. The molecule has 1 heterocycles. The lowest BCUT2D eigenvalue weighted by molar-refractivity contribution is -0.0265. The first-order chi connectivity index (χ1) is 9.85. The number of hydrogen-bond donors (Lipinski definition) is 1. The Kier molecular flexibility index (Phi) is 4.71. The molecular formula is C17H26N2O. The van der Waals surface area contributed by atoms with Crippen LogP contribution in [0.15, 0.2) is 24.3 Å². The molecule has 0 bridgehead atoms. The number of aryl methyl sites for hydroxylation is 1. The van der Waals surface area contributed by atoms with Gasteiger partial charge in [-0.3, -0.25) is 4.90 Å². The highest BCUT2D eigenvalue weighted by molar-refractivity contribution is 5.30. The van der Waals surface area contributed by atoms with E-state index in [0.717, 1.165) is 32.8 Å². The number of hydrogen-bond acceptors (Lipinski definition) is 3. The van der Waals surface area contributed by atoms with E-state index in [1.54, 1.807) is 0 Å². The average molecular weight is 274 g/mol. The SMILES string of the molecule is CCN1CCOC(CNC2CCc3ccccc3C2)C1.